The van der Waals surface area contributed by atoms with Crippen LogP contribution in [-0.2, 0) is 0 Å². The Bertz CT molecular complexity index is 634. The van der Waals surface area contributed by atoms with Gasteiger partial charge < -0.3 is 9.64 Å². The van der Waals surface area contributed by atoms with E-state index in [1.54, 1.807) is 0 Å². The molecule has 0 amide bonds. The van der Waals surface area contributed by atoms with Gasteiger partial charge in [0.1, 0.15) is 5.69 Å². The van der Waals surface area contributed by atoms with E-state index in [-0.39, 0.29) is 12.3 Å². The van der Waals surface area contributed by atoms with Crippen molar-refractivity contribution in [1.29, 1.82) is 0 Å². The van der Waals surface area contributed by atoms with Crippen molar-refractivity contribution in [2.24, 2.45) is 0 Å². The number of hydrogen-bond donors (Lipinski definition) is 0. The summed E-state index contributed by atoms with van der Waals surface area (Å²) in [6.45, 7) is 2.49. The predicted octanol–water partition coefficient (Wildman–Crippen LogP) is 3.22. The molecule has 0 aromatic carbocycles. The summed E-state index contributed by atoms with van der Waals surface area (Å²) in [5.74, 6) is 0.170. The average Bonchev–Trinajstić information content (AvgIpc) is 3.01. The number of rotatable bonds is 7. The van der Waals surface area contributed by atoms with Crippen LogP contribution in [0.25, 0.3) is 5.57 Å². The third kappa shape index (κ3) is 4.28. The first-order valence-corrected chi connectivity index (χ1v) is 7.08. The fourth-order valence-electron chi connectivity index (χ4n) is 1.83. The van der Waals surface area contributed by atoms with Crippen LogP contribution in [-0.4, -0.2) is 40.4 Å². The molecule has 2 heterocycles. The van der Waals surface area contributed by atoms with Crippen molar-refractivity contribution >= 4 is 17.3 Å². The maximum atomic E-state index is 8.00. The van der Waals surface area contributed by atoms with Crippen LogP contribution in [0.15, 0.2) is 6.08 Å². The number of aromatic nitrogens is 2. The Morgan fingerprint density at radius 1 is 1.42 bits per heavy atom. The lowest BCUT2D eigenvalue weighted by atomic mass is 10.1. The molecule has 0 spiro atoms. The summed E-state index contributed by atoms with van der Waals surface area (Å²) in [7, 11) is 1.99. The molecular formula is C14H23N3OS. The molecule has 0 fully saturated rings. The van der Waals surface area contributed by atoms with Crippen molar-refractivity contribution in [2.45, 2.75) is 38.9 Å². The van der Waals surface area contributed by atoms with Gasteiger partial charge in [0, 0.05) is 21.3 Å². The fourth-order valence-corrected chi connectivity index (χ4v) is 2.36. The smallest absolute Gasteiger partial charge is 0.253 e. The van der Waals surface area contributed by atoms with Crippen molar-refractivity contribution in [1.82, 2.24) is 13.6 Å². The van der Waals surface area contributed by atoms with Crippen LogP contribution in [0.5, 0.6) is 5.88 Å². The Labute approximate surface area is 128 Å². The van der Waals surface area contributed by atoms with E-state index in [0.717, 1.165) is 30.3 Å². The lowest BCUT2D eigenvalue weighted by Crippen LogP contribution is -2.25. The lowest BCUT2D eigenvalue weighted by molar-refractivity contribution is 0.294. The summed E-state index contributed by atoms with van der Waals surface area (Å²) in [5.41, 5.74) is 1.50. The zero-order valence-corrected chi connectivity index (χ0v) is 12.1. The molecule has 0 unspecified atom stereocenters. The van der Waals surface area contributed by atoms with E-state index in [0.29, 0.717) is 12.2 Å². The predicted molar refractivity (Wildman–Crippen MR) is 79.6 cm³/mol. The number of ether oxygens (including phenoxy) is 1. The van der Waals surface area contributed by atoms with Gasteiger partial charge in [-0.25, -0.2) is 0 Å². The van der Waals surface area contributed by atoms with Crippen molar-refractivity contribution in [2.75, 3.05) is 26.7 Å². The number of hydrogen-bond acceptors (Lipinski definition) is 5. The minimum absolute atomic E-state index is 0.137. The Morgan fingerprint density at radius 3 is 3.11 bits per heavy atom. The summed E-state index contributed by atoms with van der Waals surface area (Å²) >= 11 is 0.955. The Hall–Kier alpha value is -0.940. The summed E-state index contributed by atoms with van der Waals surface area (Å²) < 4.78 is 61.1. The molecule has 1 aromatic heterocycles. The first kappa shape index (κ1) is 8.37. The van der Waals surface area contributed by atoms with Gasteiger partial charge in [-0.1, -0.05) is 32.2 Å². The highest BCUT2D eigenvalue weighted by molar-refractivity contribution is 6.99. The molecular weight excluding hydrogens is 258 g/mol. The van der Waals surface area contributed by atoms with Gasteiger partial charge in [-0.15, -0.1) is 4.37 Å². The molecule has 1 aliphatic rings. The van der Waals surface area contributed by atoms with E-state index < -0.39 is 25.7 Å². The largest absolute Gasteiger partial charge is 0.475 e. The van der Waals surface area contributed by atoms with Crippen molar-refractivity contribution in [3.63, 3.8) is 0 Å². The highest BCUT2D eigenvalue weighted by Gasteiger charge is 2.18. The van der Waals surface area contributed by atoms with E-state index in [2.05, 4.69) is 13.6 Å². The van der Waals surface area contributed by atoms with Gasteiger partial charge in [-0.3, -0.25) is 0 Å². The molecule has 0 saturated carbocycles. The van der Waals surface area contributed by atoms with Crippen LogP contribution in [0.2, 0.25) is 0 Å². The molecule has 0 saturated heterocycles. The molecule has 4 nitrogen and oxygen atoms in total. The van der Waals surface area contributed by atoms with Crippen LogP contribution in [0.3, 0.4) is 0 Å². The molecule has 106 valence electrons. The van der Waals surface area contributed by atoms with Crippen LogP contribution in [0, 0.1) is 0 Å². The molecule has 0 aliphatic carbocycles. The van der Waals surface area contributed by atoms with E-state index in [1.165, 1.54) is 6.92 Å². The molecule has 1 aliphatic heterocycles. The van der Waals surface area contributed by atoms with Crippen LogP contribution < -0.4 is 4.74 Å². The zero-order valence-electron chi connectivity index (χ0n) is 17.3. The second kappa shape index (κ2) is 7.60. The Morgan fingerprint density at radius 2 is 2.32 bits per heavy atom. The third-order valence-corrected chi connectivity index (χ3v) is 3.25. The van der Waals surface area contributed by atoms with Gasteiger partial charge >= 0.3 is 0 Å². The van der Waals surface area contributed by atoms with E-state index in [9.17, 15) is 0 Å². The van der Waals surface area contributed by atoms with Gasteiger partial charge in [0.2, 0.25) is 0 Å². The lowest BCUT2D eigenvalue weighted by Gasteiger charge is -2.22. The topological polar surface area (TPSA) is 38.3 Å². The second-order valence-electron chi connectivity index (χ2n) is 4.29. The van der Waals surface area contributed by atoms with Crippen LogP contribution >= 0.6 is 11.7 Å². The molecule has 1 aromatic rings. The molecule has 0 atom stereocenters. The minimum Gasteiger partial charge on any atom is -0.475 e. The average molecular weight is 287 g/mol. The minimum atomic E-state index is -2.71. The monoisotopic (exact) mass is 287 g/mol. The SMILES string of the molecule is [2H]C([2H])(CC)C([2H])([2H])C([2H])([2H])COc1nsnc1C1=CCCN(C)C1. The highest BCUT2D eigenvalue weighted by Crippen LogP contribution is 2.27. The summed E-state index contributed by atoms with van der Waals surface area (Å²) in [4.78, 5) is 2.13. The normalized spacial score (nSPS) is 23.4. The zero-order chi connectivity index (χ0) is 18.9. The number of nitrogens with zero attached hydrogens (tertiary/aromatic N) is 3. The summed E-state index contributed by atoms with van der Waals surface area (Å²) in [6, 6.07) is 0. The van der Waals surface area contributed by atoms with Gasteiger partial charge in [0.15, 0.2) is 0 Å². The van der Waals surface area contributed by atoms with Gasteiger partial charge in [-0.2, -0.15) is 4.37 Å². The molecule has 0 N–H and O–H groups in total. The molecule has 2 rings (SSSR count). The maximum absolute atomic E-state index is 8.00. The molecule has 0 radical (unpaired) electrons. The van der Waals surface area contributed by atoms with Crippen molar-refractivity contribution in [3.8, 4) is 5.88 Å². The van der Waals surface area contributed by atoms with Crippen molar-refractivity contribution < 1.29 is 13.0 Å². The number of likely N-dealkylation sites (N-methyl/N-ethyl adjacent to an activating group) is 1. The van der Waals surface area contributed by atoms with Gasteiger partial charge in [0.25, 0.3) is 5.88 Å². The fraction of sp³-hybridized carbons (Fsp3) is 0.714. The standard InChI is InChI=1S/C14H23N3OS/c1-3-4-5-6-10-18-14-13(15-19-16-14)12-8-7-9-17(2)11-12/h8H,3-7,9-11H2,1-2H3/i4D2,5D2,6D2. The van der Waals surface area contributed by atoms with E-state index >= 15 is 0 Å². The molecule has 5 heteroatoms. The van der Waals surface area contributed by atoms with E-state index in [4.69, 9.17) is 13.0 Å². The van der Waals surface area contributed by atoms with Gasteiger partial charge in [0.05, 0.1) is 18.3 Å². The van der Waals surface area contributed by atoms with Crippen molar-refractivity contribution in [3.05, 3.63) is 11.8 Å². The quantitative estimate of drug-likeness (QED) is 0.772. The highest BCUT2D eigenvalue weighted by atomic mass is 32.1. The Kier molecular flexibility index (Phi) is 3.35. The van der Waals surface area contributed by atoms with Gasteiger partial charge in [-0.05, 0) is 25.4 Å². The second-order valence-corrected chi connectivity index (χ2v) is 4.82. The first-order chi connectivity index (χ1) is 11.5. The molecule has 19 heavy (non-hydrogen) atoms. The maximum Gasteiger partial charge on any atom is 0.253 e. The first-order valence-electron chi connectivity index (χ1n) is 9.35. The van der Waals surface area contributed by atoms with E-state index in [1.807, 2.05) is 13.1 Å². The van der Waals surface area contributed by atoms with Crippen LogP contribution in [0.1, 0.15) is 52.8 Å². The molecule has 0 bridgehead atoms. The van der Waals surface area contributed by atoms with Crippen LogP contribution in [0.4, 0.5) is 0 Å². The third-order valence-electron chi connectivity index (χ3n) is 2.74. The summed E-state index contributed by atoms with van der Waals surface area (Å²) in [5, 5.41) is 0. The Balaban J connectivity index is 2.14. The summed E-state index contributed by atoms with van der Waals surface area (Å²) in [6.07, 6.45) is -4.75.